The molecule has 2 nitrogen and oxygen atoms in total. The van der Waals surface area contributed by atoms with Crippen LogP contribution in [0.3, 0.4) is 0 Å². The van der Waals surface area contributed by atoms with Gasteiger partial charge in [0, 0.05) is 5.37 Å². The Labute approximate surface area is 88.7 Å². The third-order valence-corrected chi connectivity index (χ3v) is 2.09. The number of allylic oxidation sites excluding steroid dienone is 1. The van der Waals surface area contributed by atoms with E-state index in [9.17, 15) is 0 Å². The van der Waals surface area contributed by atoms with Crippen LogP contribution >= 0.6 is 12.2 Å². The Morgan fingerprint density at radius 2 is 2.29 bits per heavy atom. The fourth-order valence-corrected chi connectivity index (χ4v) is 1.30. The Hall–Kier alpha value is -1.66. The summed E-state index contributed by atoms with van der Waals surface area (Å²) in [6.07, 6.45) is 0. The van der Waals surface area contributed by atoms with Gasteiger partial charge >= 0.3 is 0 Å². The van der Waals surface area contributed by atoms with Crippen molar-refractivity contribution in [2.24, 2.45) is 5.73 Å². The second kappa shape index (κ2) is 4.54. The van der Waals surface area contributed by atoms with Crippen LogP contribution in [-0.2, 0) is 0 Å². The molecule has 0 saturated heterocycles. The molecule has 0 aromatic heterocycles. The molecule has 0 spiro atoms. The van der Waals surface area contributed by atoms with Gasteiger partial charge in [0.15, 0.2) is 0 Å². The molecule has 0 amide bonds. The Kier molecular flexibility index (Phi) is 3.38. The predicted octanol–water partition coefficient (Wildman–Crippen LogP) is 2.19. The average molecular weight is 202 g/mol. The molecule has 14 heavy (non-hydrogen) atoms. The summed E-state index contributed by atoms with van der Waals surface area (Å²) < 4.78 is 0. The van der Waals surface area contributed by atoms with Gasteiger partial charge in [-0.3, -0.25) is 0 Å². The molecule has 0 aliphatic rings. The number of nitrogens with two attached hydrogens (primary N) is 1. The Balaban J connectivity index is 3.25. The minimum atomic E-state index is 0.339. The van der Waals surface area contributed by atoms with Crippen LogP contribution in [0.25, 0.3) is 5.70 Å². The average Bonchev–Trinajstić information content (AvgIpc) is 2.19. The summed E-state index contributed by atoms with van der Waals surface area (Å²) in [5.74, 6) is 0. The van der Waals surface area contributed by atoms with Crippen molar-refractivity contribution in [2.45, 2.75) is 6.92 Å². The highest BCUT2D eigenvalue weighted by Crippen LogP contribution is 2.13. The zero-order valence-corrected chi connectivity index (χ0v) is 8.64. The van der Waals surface area contributed by atoms with E-state index in [2.05, 4.69) is 0 Å². The van der Waals surface area contributed by atoms with Gasteiger partial charge in [-0.05, 0) is 18.6 Å². The molecule has 0 aliphatic carbocycles. The third kappa shape index (κ3) is 2.18. The van der Waals surface area contributed by atoms with Gasteiger partial charge < -0.3 is 5.73 Å². The van der Waals surface area contributed by atoms with Crippen LogP contribution in [0.4, 0.5) is 0 Å². The van der Waals surface area contributed by atoms with Crippen LogP contribution in [0.5, 0.6) is 0 Å². The lowest BCUT2D eigenvalue weighted by molar-refractivity contribution is 1.41. The molecular formula is C11H10N2S. The molecule has 0 unspecified atom stereocenters. The molecular weight excluding hydrogens is 192 g/mol. The van der Waals surface area contributed by atoms with Crippen molar-refractivity contribution in [1.82, 2.24) is 0 Å². The molecule has 1 aromatic rings. The first-order valence-corrected chi connectivity index (χ1v) is 4.58. The topological polar surface area (TPSA) is 49.8 Å². The van der Waals surface area contributed by atoms with Gasteiger partial charge in [0.25, 0.3) is 0 Å². The van der Waals surface area contributed by atoms with Crippen molar-refractivity contribution in [3.63, 3.8) is 0 Å². The summed E-state index contributed by atoms with van der Waals surface area (Å²) in [5.41, 5.74) is 8.50. The second-order valence-electron chi connectivity index (χ2n) is 2.93. The zero-order chi connectivity index (χ0) is 10.6. The van der Waals surface area contributed by atoms with Crippen molar-refractivity contribution in [1.29, 1.82) is 5.26 Å². The van der Waals surface area contributed by atoms with E-state index >= 15 is 0 Å². The number of thiocarbonyl (C=S) groups is 1. The number of nitriles is 1. The number of rotatable bonds is 2. The lowest BCUT2D eigenvalue weighted by Crippen LogP contribution is -2.01. The van der Waals surface area contributed by atoms with Gasteiger partial charge in [-0.1, -0.05) is 36.0 Å². The molecule has 0 aliphatic heterocycles. The van der Waals surface area contributed by atoms with E-state index in [0.29, 0.717) is 11.3 Å². The normalized spacial score (nSPS) is 11.4. The highest BCUT2D eigenvalue weighted by Gasteiger charge is 2.02. The van der Waals surface area contributed by atoms with Gasteiger partial charge in [-0.2, -0.15) is 5.26 Å². The molecule has 0 bridgehead atoms. The van der Waals surface area contributed by atoms with Crippen LogP contribution in [0.1, 0.15) is 11.1 Å². The summed E-state index contributed by atoms with van der Waals surface area (Å²) in [5, 5.41) is 10.0. The maximum absolute atomic E-state index is 8.74. The maximum atomic E-state index is 8.74. The smallest absolute Gasteiger partial charge is 0.102 e. The molecule has 70 valence electrons. The lowest BCUT2D eigenvalue weighted by atomic mass is 10.1. The summed E-state index contributed by atoms with van der Waals surface area (Å²) in [7, 11) is 0. The fourth-order valence-electron chi connectivity index (χ4n) is 1.12. The van der Waals surface area contributed by atoms with Crippen molar-refractivity contribution in [3.8, 4) is 6.07 Å². The van der Waals surface area contributed by atoms with Gasteiger partial charge in [0.1, 0.15) is 6.07 Å². The van der Waals surface area contributed by atoms with Gasteiger partial charge in [0.2, 0.25) is 0 Å². The number of hydrogen-bond acceptors (Lipinski definition) is 3. The first-order chi connectivity index (χ1) is 6.69. The lowest BCUT2D eigenvalue weighted by Gasteiger charge is -2.03. The Morgan fingerprint density at radius 1 is 1.57 bits per heavy atom. The Morgan fingerprint density at radius 3 is 2.79 bits per heavy atom. The summed E-state index contributed by atoms with van der Waals surface area (Å²) in [6.45, 7) is 1.97. The Bertz CT molecular complexity index is 427. The van der Waals surface area contributed by atoms with Crippen molar-refractivity contribution >= 4 is 23.3 Å². The van der Waals surface area contributed by atoms with Crippen LogP contribution in [-0.4, -0.2) is 5.37 Å². The van der Waals surface area contributed by atoms with E-state index in [1.807, 2.05) is 37.3 Å². The standard InChI is InChI=1S/C11H10N2S/c1-8-3-2-4-9(5-8)11(13)10(6-12)7-14/h2-5,7H,13H2,1H3/b11-10-. The number of hydrogen-bond donors (Lipinski definition) is 1. The van der Waals surface area contributed by atoms with E-state index in [1.165, 1.54) is 5.37 Å². The maximum Gasteiger partial charge on any atom is 0.102 e. The SMILES string of the molecule is Cc1cccc(/C(N)=C(\C#N)C=S)c1. The number of aryl methyl sites for hydroxylation is 1. The first-order valence-electron chi connectivity index (χ1n) is 4.11. The minimum absolute atomic E-state index is 0.339. The highest BCUT2D eigenvalue weighted by molar-refractivity contribution is 7.79. The monoisotopic (exact) mass is 202 g/mol. The first kappa shape index (κ1) is 10.4. The van der Waals surface area contributed by atoms with Crippen LogP contribution in [0.15, 0.2) is 29.8 Å². The van der Waals surface area contributed by atoms with Crippen LogP contribution in [0, 0.1) is 18.3 Å². The van der Waals surface area contributed by atoms with E-state index in [4.69, 9.17) is 23.2 Å². The molecule has 0 atom stereocenters. The molecule has 3 heteroatoms. The molecule has 0 fully saturated rings. The summed E-state index contributed by atoms with van der Waals surface area (Å²) in [4.78, 5) is 0. The second-order valence-corrected chi connectivity index (χ2v) is 3.16. The predicted molar refractivity (Wildman–Crippen MR) is 61.6 cm³/mol. The van der Waals surface area contributed by atoms with Crippen molar-refractivity contribution in [3.05, 3.63) is 41.0 Å². The van der Waals surface area contributed by atoms with E-state index in [1.54, 1.807) is 0 Å². The van der Waals surface area contributed by atoms with E-state index in [-0.39, 0.29) is 0 Å². The quantitative estimate of drug-likeness (QED) is 0.454. The van der Waals surface area contributed by atoms with Crippen molar-refractivity contribution in [2.75, 3.05) is 0 Å². The molecule has 1 aromatic carbocycles. The minimum Gasteiger partial charge on any atom is -0.397 e. The third-order valence-electron chi connectivity index (χ3n) is 1.86. The summed E-state index contributed by atoms with van der Waals surface area (Å²) in [6, 6.07) is 9.62. The van der Waals surface area contributed by atoms with E-state index < -0.39 is 0 Å². The van der Waals surface area contributed by atoms with E-state index in [0.717, 1.165) is 11.1 Å². The number of benzene rings is 1. The summed E-state index contributed by atoms with van der Waals surface area (Å²) >= 11 is 4.70. The molecule has 1 rings (SSSR count). The van der Waals surface area contributed by atoms with Gasteiger partial charge in [-0.25, -0.2) is 0 Å². The highest BCUT2D eigenvalue weighted by atomic mass is 32.1. The van der Waals surface area contributed by atoms with Crippen LogP contribution < -0.4 is 5.73 Å². The van der Waals surface area contributed by atoms with Crippen LogP contribution in [0.2, 0.25) is 0 Å². The fraction of sp³-hybridized carbons (Fsp3) is 0.0909. The molecule has 0 radical (unpaired) electrons. The zero-order valence-electron chi connectivity index (χ0n) is 7.82. The van der Waals surface area contributed by atoms with Gasteiger partial charge in [-0.15, -0.1) is 0 Å². The molecule has 0 heterocycles. The van der Waals surface area contributed by atoms with Crippen molar-refractivity contribution < 1.29 is 0 Å². The molecule has 2 N–H and O–H groups in total. The molecule has 0 saturated carbocycles. The largest absolute Gasteiger partial charge is 0.397 e. The van der Waals surface area contributed by atoms with Gasteiger partial charge in [0.05, 0.1) is 11.3 Å². The number of nitrogens with zero attached hydrogens (tertiary/aromatic N) is 1.